The standard InChI is InChI=1S/C14H29NO3/c1-2-3-4-5-6-7-8-9-15-10-13(17)14(18)12(15)11-16/h12-14,16-18H,2-11H2,1H3. The molecule has 1 aliphatic heterocycles. The smallest absolute Gasteiger partial charge is 0.0988 e. The van der Waals surface area contributed by atoms with Gasteiger partial charge in [0.1, 0.15) is 0 Å². The minimum atomic E-state index is -0.792. The van der Waals surface area contributed by atoms with Crippen molar-refractivity contribution in [1.29, 1.82) is 0 Å². The highest BCUT2D eigenvalue weighted by Crippen LogP contribution is 2.19. The van der Waals surface area contributed by atoms with E-state index in [1.54, 1.807) is 0 Å². The number of likely N-dealkylation sites (tertiary alicyclic amines) is 1. The van der Waals surface area contributed by atoms with Gasteiger partial charge < -0.3 is 15.3 Å². The van der Waals surface area contributed by atoms with Gasteiger partial charge in [-0.3, -0.25) is 4.90 Å². The van der Waals surface area contributed by atoms with Crippen LogP contribution in [0.5, 0.6) is 0 Å². The maximum Gasteiger partial charge on any atom is 0.0988 e. The summed E-state index contributed by atoms with van der Waals surface area (Å²) in [6.45, 7) is 3.50. The summed E-state index contributed by atoms with van der Waals surface area (Å²) in [6.07, 6.45) is 7.31. The number of hydrogen-bond donors (Lipinski definition) is 3. The normalized spacial score (nSPS) is 29.0. The summed E-state index contributed by atoms with van der Waals surface area (Å²) >= 11 is 0. The fourth-order valence-electron chi connectivity index (χ4n) is 2.71. The molecule has 1 heterocycles. The third-order valence-corrected chi connectivity index (χ3v) is 3.91. The molecule has 0 aromatic rings. The Morgan fingerprint density at radius 2 is 1.61 bits per heavy atom. The zero-order valence-electron chi connectivity index (χ0n) is 11.6. The number of aliphatic hydroxyl groups excluding tert-OH is 3. The largest absolute Gasteiger partial charge is 0.395 e. The van der Waals surface area contributed by atoms with Gasteiger partial charge in [-0.1, -0.05) is 45.4 Å². The predicted molar refractivity (Wildman–Crippen MR) is 72.5 cm³/mol. The van der Waals surface area contributed by atoms with Crippen molar-refractivity contribution in [1.82, 2.24) is 4.90 Å². The molecule has 3 unspecified atom stereocenters. The van der Waals surface area contributed by atoms with Crippen LogP contribution >= 0.6 is 0 Å². The Labute approximate surface area is 111 Å². The van der Waals surface area contributed by atoms with Crippen LogP contribution in [0, 0.1) is 0 Å². The Hall–Kier alpha value is -0.160. The maximum atomic E-state index is 9.68. The third kappa shape index (κ3) is 4.84. The summed E-state index contributed by atoms with van der Waals surface area (Å²) in [6, 6.07) is -0.278. The number of β-amino-alcohol motifs (C(OH)–C–C–N with tert-alkyl or cyclic N) is 1. The summed E-state index contributed by atoms with van der Waals surface area (Å²) in [7, 11) is 0. The van der Waals surface area contributed by atoms with Crippen molar-refractivity contribution in [2.24, 2.45) is 0 Å². The van der Waals surface area contributed by atoms with Gasteiger partial charge in [0.15, 0.2) is 0 Å². The lowest BCUT2D eigenvalue weighted by atomic mass is 10.1. The second-order valence-corrected chi connectivity index (χ2v) is 5.42. The minimum Gasteiger partial charge on any atom is -0.395 e. The molecule has 0 bridgehead atoms. The fourth-order valence-corrected chi connectivity index (χ4v) is 2.71. The van der Waals surface area contributed by atoms with E-state index in [9.17, 15) is 15.3 Å². The maximum absolute atomic E-state index is 9.68. The number of rotatable bonds is 9. The summed E-state index contributed by atoms with van der Waals surface area (Å²) in [5.41, 5.74) is 0. The van der Waals surface area contributed by atoms with Crippen LogP contribution in [0.2, 0.25) is 0 Å². The summed E-state index contributed by atoms with van der Waals surface area (Å²) in [5.74, 6) is 0. The molecule has 1 aliphatic rings. The zero-order chi connectivity index (χ0) is 13.4. The van der Waals surface area contributed by atoms with Gasteiger partial charge in [0.05, 0.1) is 24.9 Å². The summed E-state index contributed by atoms with van der Waals surface area (Å²) in [4.78, 5) is 2.02. The molecule has 0 aromatic heterocycles. The highest BCUT2D eigenvalue weighted by Gasteiger charge is 2.38. The van der Waals surface area contributed by atoms with Crippen molar-refractivity contribution in [3.63, 3.8) is 0 Å². The van der Waals surface area contributed by atoms with E-state index in [1.807, 2.05) is 4.90 Å². The lowest BCUT2D eigenvalue weighted by Crippen LogP contribution is -2.39. The highest BCUT2D eigenvalue weighted by atomic mass is 16.3. The first-order chi connectivity index (χ1) is 8.70. The molecule has 0 saturated carbocycles. The fraction of sp³-hybridized carbons (Fsp3) is 1.00. The van der Waals surface area contributed by atoms with Crippen molar-refractivity contribution < 1.29 is 15.3 Å². The Kier molecular flexibility index (Phi) is 7.82. The van der Waals surface area contributed by atoms with Gasteiger partial charge in [-0.2, -0.15) is 0 Å². The van der Waals surface area contributed by atoms with Crippen LogP contribution in [0.4, 0.5) is 0 Å². The minimum absolute atomic E-state index is 0.0747. The molecule has 1 saturated heterocycles. The van der Waals surface area contributed by atoms with Gasteiger partial charge in [-0.05, 0) is 13.0 Å². The first-order valence-electron chi connectivity index (χ1n) is 7.41. The molecule has 4 nitrogen and oxygen atoms in total. The van der Waals surface area contributed by atoms with E-state index in [4.69, 9.17) is 0 Å². The quantitative estimate of drug-likeness (QED) is 0.543. The van der Waals surface area contributed by atoms with E-state index in [0.717, 1.165) is 13.0 Å². The SMILES string of the molecule is CCCCCCCCCN1CC(O)C(O)C1CO. The molecule has 3 N–H and O–H groups in total. The molecule has 3 atom stereocenters. The molecular weight excluding hydrogens is 230 g/mol. The average molecular weight is 259 g/mol. The summed E-state index contributed by atoms with van der Waals surface area (Å²) < 4.78 is 0. The number of nitrogens with zero attached hydrogens (tertiary/aromatic N) is 1. The monoisotopic (exact) mass is 259 g/mol. The topological polar surface area (TPSA) is 63.9 Å². The number of unbranched alkanes of at least 4 members (excludes halogenated alkanes) is 6. The second kappa shape index (κ2) is 8.86. The number of hydrogen-bond acceptors (Lipinski definition) is 4. The lowest BCUT2D eigenvalue weighted by Gasteiger charge is -2.23. The van der Waals surface area contributed by atoms with Gasteiger partial charge in [-0.15, -0.1) is 0 Å². The van der Waals surface area contributed by atoms with Crippen molar-refractivity contribution in [2.45, 2.75) is 70.1 Å². The van der Waals surface area contributed by atoms with Crippen LogP contribution < -0.4 is 0 Å². The van der Waals surface area contributed by atoms with Crippen molar-refractivity contribution >= 4 is 0 Å². The van der Waals surface area contributed by atoms with E-state index in [0.29, 0.717) is 6.54 Å². The van der Waals surface area contributed by atoms with Gasteiger partial charge >= 0.3 is 0 Å². The Balaban J connectivity index is 2.08. The molecule has 1 fully saturated rings. The van der Waals surface area contributed by atoms with Crippen LogP contribution in [-0.2, 0) is 0 Å². The second-order valence-electron chi connectivity index (χ2n) is 5.42. The van der Waals surface area contributed by atoms with Crippen LogP contribution in [0.1, 0.15) is 51.9 Å². The van der Waals surface area contributed by atoms with Crippen LogP contribution in [0.3, 0.4) is 0 Å². The molecule has 0 spiro atoms. The van der Waals surface area contributed by atoms with Gasteiger partial charge in [-0.25, -0.2) is 0 Å². The first-order valence-corrected chi connectivity index (χ1v) is 7.41. The van der Waals surface area contributed by atoms with Crippen molar-refractivity contribution in [3.8, 4) is 0 Å². The lowest BCUT2D eigenvalue weighted by molar-refractivity contribution is 0.0216. The Bertz CT molecular complexity index is 213. The molecule has 0 amide bonds. The molecular formula is C14H29NO3. The predicted octanol–water partition coefficient (Wildman–Crippen LogP) is 1.14. The molecule has 0 aromatic carbocycles. The molecule has 108 valence electrons. The summed E-state index contributed by atoms with van der Waals surface area (Å²) in [5, 5.41) is 28.5. The molecule has 18 heavy (non-hydrogen) atoms. The van der Waals surface area contributed by atoms with Gasteiger partial charge in [0.2, 0.25) is 0 Å². The van der Waals surface area contributed by atoms with Crippen LogP contribution in [0.25, 0.3) is 0 Å². The molecule has 1 rings (SSSR count). The van der Waals surface area contributed by atoms with E-state index in [2.05, 4.69) is 6.92 Å². The van der Waals surface area contributed by atoms with Crippen molar-refractivity contribution in [2.75, 3.05) is 19.7 Å². The highest BCUT2D eigenvalue weighted by molar-refractivity contribution is 4.92. The zero-order valence-corrected chi connectivity index (χ0v) is 11.6. The average Bonchev–Trinajstić information content (AvgIpc) is 2.63. The Morgan fingerprint density at radius 3 is 2.22 bits per heavy atom. The number of aliphatic hydroxyl groups is 3. The van der Waals surface area contributed by atoms with Gasteiger partial charge in [0.25, 0.3) is 0 Å². The van der Waals surface area contributed by atoms with E-state index in [1.165, 1.54) is 38.5 Å². The Morgan fingerprint density at radius 1 is 1.00 bits per heavy atom. The van der Waals surface area contributed by atoms with Crippen LogP contribution in [-0.4, -0.2) is 58.2 Å². The molecule has 0 radical (unpaired) electrons. The van der Waals surface area contributed by atoms with Crippen LogP contribution in [0.15, 0.2) is 0 Å². The van der Waals surface area contributed by atoms with E-state index in [-0.39, 0.29) is 12.6 Å². The molecule has 4 heteroatoms. The van der Waals surface area contributed by atoms with E-state index >= 15 is 0 Å². The molecule has 0 aliphatic carbocycles. The van der Waals surface area contributed by atoms with Gasteiger partial charge in [0, 0.05) is 6.54 Å². The first kappa shape index (κ1) is 15.9. The van der Waals surface area contributed by atoms with Crippen molar-refractivity contribution in [3.05, 3.63) is 0 Å². The van der Waals surface area contributed by atoms with E-state index < -0.39 is 12.2 Å². The third-order valence-electron chi connectivity index (χ3n) is 3.91.